The first kappa shape index (κ1) is 23.1. The Morgan fingerprint density at radius 2 is 1.94 bits per heavy atom. The summed E-state index contributed by atoms with van der Waals surface area (Å²) in [7, 11) is 1.91. The van der Waals surface area contributed by atoms with Gasteiger partial charge < -0.3 is 14.8 Å². The van der Waals surface area contributed by atoms with E-state index < -0.39 is 5.92 Å². The Morgan fingerprint density at radius 1 is 1.15 bits per heavy atom. The Labute approximate surface area is 204 Å². The molecular formula is C24H24ClF2N5OS. The molecule has 1 fully saturated rings. The van der Waals surface area contributed by atoms with Gasteiger partial charge in [0.1, 0.15) is 0 Å². The Hall–Kier alpha value is -2.62. The van der Waals surface area contributed by atoms with Gasteiger partial charge in [-0.3, -0.25) is 4.79 Å². The molecule has 0 aliphatic carbocycles. The molecule has 1 N–H and O–H groups in total. The molecule has 0 amide bonds. The van der Waals surface area contributed by atoms with Crippen LogP contribution < -0.4 is 5.32 Å². The molecular weight excluding hydrogens is 480 g/mol. The lowest BCUT2D eigenvalue weighted by Crippen LogP contribution is -2.39. The highest BCUT2D eigenvalue weighted by molar-refractivity contribution is 7.22. The van der Waals surface area contributed by atoms with Gasteiger partial charge in [0.15, 0.2) is 10.9 Å². The number of alkyl halides is 2. The van der Waals surface area contributed by atoms with Crippen molar-refractivity contribution < 1.29 is 13.6 Å². The fourth-order valence-electron chi connectivity index (χ4n) is 4.24. The summed E-state index contributed by atoms with van der Waals surface area (Å²) in [5, 5.41) is 4.65. The maximum Gasteiger partial charge on any atom is 0.250 e. The number of likely N-dealkylation sites (tertiary alicyclic amines) is 1. The van der Waals surface area contributed by atoms with E-state index in [-0.39, 0.29) is 18.6 Å². The molecule has 6 nitrogen and oxygen atoms in total. The molecule has 2 aromatic heterocycles. The fourth-order valence-corrected chi connectivity index (χ4v) is 5.38. The molecule has 178 valence electrons. The van der Waals surface area contributed by atoms with Crippen LogP contribution in [-0.4, -0.2) is 50.8 Å². The summed E-state index contributed by atoms with van der Waals surface area (Å²) in [6, 6.07) is 11.1. The average molecular weight is 504 g/mol. The van der Waals surface area contributed by atoms with Crippen LogP contribution in [0.3, 0.4) is 0 Å². The summed E-state index contributed by atoms with van der Waals surface area (Å²) < 4.78 is 29.5. The van der Waals surface area contributed by atoms with E-state index in [0.29, 0.717) is 54.1 Å². The molecule has 0 atom stereocenters. The van der Waals surface area contributed by atoms with Crippen LogP contribution in [0.2, 0.25) is 5.02 Å². The smallest absolute Gasteiger partial charge is 0.250 e. The van der Waals surface area contributed by atoms with E-state index in [1.54, 1.807) is 0 Å². The number of aryl methyl sites for hydroxylation is 1. The zero-order chi connectivity index (χ0) is 23.9. The van der Waals surface area contributed by atoms with Gasteiger partial charge in [0.25, 0.3) is 5.92 Å². The second kappa shape index (κ2) is 9.20. The second-order valence-electron chi connectivity index (χ2n) is 8.68. The van der Waals surface area contributed by atoms with E-state index in [4.69, 9.17) is 11.6 Å². The number of nitrogens with zero attached hydrogens (tertiary/aromatic N) is 4. The number of carbonyl (C=O) groups is 1. The fraction of sp³-hybridized carbons (Fsp3) is 0.375. The number of anilines is 2. The maximum atomic E-state index is 13.3. The molecule has 1 aliphatic rings. The van der Waals surface area contributed by atoms with Crippen LogP contribution in [0.25, 0.3) is 21.3 Å². The van der Waals surface area contributed by atoms with Gasteiger partial charge in [0, 0.05) is 50.0 Å². The van der Waals surface area contributed by atoms with Crippen LogP contribution >= 0.6 is 22.9 Å². The van der Waals surface area contributed by atoms with Gasteiger partial charge in [-0.2, -0.15) is 0 Å². The summed E-state index contributed by atoms with van der Waals surface area (Å²) in [4.78, 5) is 24.0. The van der Waals surface area contributed by atoms with Crippen LogP contribution in [0.15, 0.2) is 36.4 Å². The average Bonchev–Trinajstić information content (AvgIpc) is 3.34. The first-order valence-corrected chi connectivity index (χ1v) is 12.4. The lowest BCUT2D eigenvalue weighted by atomic mass is 10.0. The number of thiazole rings is 1. The predicted octanol–water partition coefficient (Wildman–Crippen LogP) is 6.27. The molecule has 5 rings (SSSR count). The first-order valence-electron chi connectivity index (χ1n) is 11.2. The number of piperidine rings is 1. The van der Waals surface area contributed by atoms with E-state index in [1.165, 1.54) is 11.3 Å². The van der Waals surface area contributed by atoms with Gasteiger partial charge in [-0.1, -0.05) is 22.9 Å². The minimum Gasteiger partial charge on any atom is -0.313 e. The van der Waals surface area contributed by atoms with E-state index in [0.717, 1.165) is 21.3 Å². The largest absolute Gasteiger partial charge is 0.313 e. The van der Waals surface area contributed by atoms with E-state index in [1.807, 2.05) is 52.9 Å². The minimum absolute atomic E-state index is 0.0347. The number of nitrogens with one attached hydrogen (secondary N) is 1. The number of fused-ring (bicyclic) bond motifs is 2. The number of carbonyl (C=O) groups excluding carboxylic acids is 1. The molecule has 10 heteroatoms. The van der Waals surface area contributed by atoms with Crippen molar-refractivity contribution in [2.45, 2.75) is 31.6 Å². The van der Waals surface area contributed by atoms with Crippen molar-refractivity contribution in [3.05, 3.63) is 47.0 Å². The molecule has 0 saturated carbocycles. The SMILES string of the molecule is Cn1c(Nc2nc3ccc(Cl)cc3s2)nc2cc(C(=O)CCCN3CCC(F)(F)CC3)ccc21. The molecule has 0 spiro atoms. The number of benzene rings is 2. The van der Waals surface area contributed by atoms with Crippen LogP contribution in [0.4, 0.5) is 19.9 Å². The molecule has 4 aromatic rings. The Morgan fingerprint density at radius 3 is 2.74 bits per heavy atom. The van der Waals surface area contributed by atoms with Crippen LogP contribution in [0.1, 0.15) is 36.0 Å². The third-order valence-corrected chi connectivity index (χ3v) is 7.41. The lowest BCUT2D eigenvalue weighted by Gasteiger charge is -2.31. The Balaban J connectivity index is 1.24. The molecule has 1 aliphatic heterocycles. The van der Waals surface area contributed by atoms with Crippen LogP contribution in [0, 0.1) is 0 Å². The minimum atomic E-state index is -2.54. The number of halogens is 3. The van der Waals surface area contributed by atoms with Crippen LogP contribution in [-0.2, 0) is 7.05 Å². The normalized spacial score (nSPS) is 16.4. The van der Waals surface area contributed by atoms with Gasteiger partial charge in [-0.25, -0.2) is 18.7 Å². The zero-order valence-electron chi connectivity index (χ0n) is 18.7. The number of hydrogen-bond acceptors (Lipinski definition) is 6. The lowest BCUT2D eigenvalue weighted by molar-refractivity contribution is -0.0551. The van der Waals surface area contributed by atoms with Crippen molar-refractivity contribution in [3.8, 4) is 0 Å². The summed E-state index contributed by atoms with van der Waals surface area (Å²) in [6.45, 7) is 1.44. The van der Waals surface area contributed by atoms with Crippen molar-refractivity contribution in [2.75, 3.05) is 25.0 Å². The molecule has 1 saturated heterocycles. The highest BCUT2D eigenvalue weighted by Crippen LogP contribution is 2.31. The highest BCUT2D eigenvalue weighted by atomic mass is 35.5. The Kier molecular flexibility index (Phi) is 6.26. The van der Waals surface area contributed by atoms with Crippen LogP contribution in [0.5, 0.6) is 0 Å². The van der Waals surface area contributed by atoms with Gasteiger partial charge >= 0.3 is 0 Å². The molecule has 3 heterocycles. The summed E-state index contributed by atoms with van der Waals surface area (Å²) in [5.41, 5.74) is 3.09. The number of rotatable bonds is 7. The number of aromatic nitrogens is 3. The summed E-state index contributed by atoms with van der Waals surface area (Å²) in [5.74, 6) is -1.88. The van der Waals surface area contributed by atoms with Gasteiger partial charge in [-0.05, 0) is 49.4 Å². The monoisotopic (exact) mass is 503 g/mol. The van der Waals surface area contributed by atoms with Crippen molar-refractivity contribution in [2.24, 2.45) is 7.05 Å². The summed E-state index contributed by atoms with van der Waals surface area (Å²) in [6.07, 6.45) is 0.834. The topological polar surface area (TPSA) is 63.1 Å². The third kappa shape index (κ3) is 4.92. The van der Waals surface area contributed by atoms with Crippen molar-refractivity contribution in [1.82, 2.24) is 19.4 Å². The Bertz CT molecular complexity index is 1360. The number of hydrogen-bond donors (Lipinski definition) is 1. The van der Waals surface area contributed by atoms with Crippen molar-refractivity contribution in [3.63, 3.8) is 0 Å². The number of imidazole rings is 1. The van der Waals surface area contributed by atoms with Gasteiger partial charge in [0.2, 0.25) is 5.95 Å². The van der Waals surface area contributed by atoms with Gasteiger partial charge in [0.05, 0.1) is 21.3 Å². The summed E-state index contributed by atoms with van der Waals surface area (Å²) >= 11 is 7.57. The molecule has 0 radical (unpaired) electrons. The molecule has 0 unspecified atom stereocenters. The number of Topliss-reactive ketones (excluding diaryl/α,β-unsaturated/α-hetero) is 1. The molecule has 34 heavy (non-hydrogen) atoms. The van der Waals surface area contributed by atoms with Gasteiger partial charge in [-0.15, -0.1) is 0 Å². The van der Waals surface area contributed by atoms with E-state index in [9.17, 15) is 13.6 Å². The zero-order valence-corrected chi connectivity index (χ0v) is 20.2. The third-order valence-electron chi connectivity index (χ3n) is 6.24. The second-order valence-corrected chi connectivity index (χ2v) is 10.1. The highest BCUT2D eigenvalue weighted by Gasteiger charge is 2.33. The standard InChI is InChI=1S/C24H24ClF2N5OS/c1-31-19-7-4-15(20(33)3-2-10-32-11-8-24(26,27)9-12-32)13-18(19)28-22(31)30-23-29-17-6-5-16(25)14-21(17)34-23/h4-7,13-14H,2-3,8-12H2,1H3,(H,28,29,30). The molecule has 0 bridgehead atoms. The van der Waals surface area contributed by atoms with Crippen molar-refractivity contribution in [1.29, 1.82) is 0 Å². The first-order chi connectivity index (χ1) is 16.3. The number of ketones is 1. The maximum absolute atomic E-state index is 13.3. The quantitative estimate of drug-likeness (QED) is 0.301. The van der Waals surface area contributed by atoms with E-state index >= 15 is 0 Å². The van der Waals surface area contributed by atoms with E-state index in [2.05, 4.69) is 15.3 Å². The molecule has 2 aromatic carbocycles. The van der Waals surface area contributed by atoms with Crippen molar-refractivity contribution >= 4 is 61.1 Å². The predicted molar refractivity (Wildman–Crippen MR) is 133 cm³/mol.